The van der Waals surface area contributed by atoms with Crippen LogP contribution in [0.5, 0.6) is 0 Å². The maximum Gasteiger partial charge on any atom is 0.402 e. The molecule has 0 spiro atoms. The van der Waals surface area contributed by atoms with Crippen LogP contribution >= 0.6 is 15.9 Å². The van der Waals surface area contributed by atoms with Crippen LogP contribution in [0.25, 0.3) is 0 Å². The van der Waals surface area contributed by atoms with Crippen LogP contribution in [0.4, 0.5) is 13.2 Å². The standard InChI is InChI=1S/C7H6BrF3N2O2S/c8-5-1-6(3-12-2-5)16(14,15)13-4-7(9,10)11/h1-3,13H,4H2. The van der Waals surface area contributed by atoms with Gasteiger partial charge in [0.05, 0.1) is 0 Å². The van der Waals surface area contributed by atoms with E-state index in [4.69, 9.17) is 0 Å². The van der Waals surface area contributed by atoms with Crippen LogP contribution in [0.1, 0.15) is 0 Å². The molecule has 0 aliphatic rings. The van der Waals surface area contributed by atoms with E-state index in [9.17, 15) is 21.6 Å². The van der Waals surface area contributed by atoms with Crippen molar-refractivity contribution < 1.29 is 21.6 Å². The number of sulfonamides is 1. The van der Waals surface area contributed by atoms with Crippen molar-refractivity contribution in [3.8, 4) is 0 Å². The van der Waals surface area contributed by atoms with Crippen molar-refractivity contribution in [3.63, 3.8) is 0 Å². The Bertz CT molecular complexity index is 475. The number of nitrogens with zero attached hydrogens (tertiary/aromatic N) is 1. The van der Waals surface area contributed by atoms with Crippen molar-refractivity contribution in [2.75, 3.05) is 6.54 Å². The molecule has 0 aliphatic heterocycles. The van der Waals surface area contributed by atoms with Crippen LogP contribution in [0.15, 0.2) is 27.8 Å². The smallest absolute Gasteiger partial charge is 0.262 e. The quantitative estimate of drug-likeness (QED) is 0.922. The highest BCUT2D eigenvalue weighted by atomic mass is 79.9. The van der Waals surface area contributed by atoms with Gasteiger partial charge < -0.3 is 0 Å². The summed E-state index contributed by atoms with van der Waals surface area (Å²) < 4.78 is 60.0. The van der Waals surface area contributed by atoms with Gasteiger partial charge in [0.2, 0.25) is 10.0 Å². The molecule has 0 radical (unpaired) electrons. The number of aromatic nitrogens is 1. The van der Waals surface area contributed by atoms with E-state index in [0.717, 1.165) is 12.3 Å². The number of hydrogen-bond acceptors (Lipinski definition) is 3. The predicted octanol–water partition coefficient (Wildman–Crippen LogP) is 1.68. The molecule has 1 N–H and O–H groups in total. The Morgan fingerprint density at radius 3 is 2.50 bits per heavy atom. The first kappa shape index (κ1) is 13.4. The van der Waals surface area contributed by atoms with E-state index < -0.39 is 22.7 Å². The largest absolute Gasteiger partial charge is 0.402 e. The minimum absolute atomic E-state index is 0.328. The van der Waals surface area contributed by atoms with E-state index in [0.29, 0.717) is 4.47 Å². The predicted molar refractivity (Wildman–Crippen MR) is 53.2 cm³/mol. The van der Waals surface area contributed by atoms with Gasteiger partial charge in [-0.2, -0.15) is 13.2 Å². The fourth-order valence-corrected chi connectivity index (χ4v) is 2.32. The summed E-state index contributed by atoms with van der Waals surface area (Å²) in [5.41, 5.74) is 0. The van der Waals surface area contributed by atoms with Crippen LogP contribution < -0.4 is 4.72 Å². The summed E-state index contributed by atoms with van der Waals surface area (Å²) in [6.07, 6.45) is -2.31. The number of halogens is 4. The van der Waals surface area contributed by atoms with E-state index in [1.165, 1.54) is 10.9 Å². The molecular weight excluding hydrogens is 313 g/mol. The first-order valence-electron chi connectivity index (χ1n) is 3.88. The van der Waals surface area contributed by atoms with E-state index in [1.807, 2.05) is 0 Å². The molecule has 0 saturated carbocycles. The molecule has 1 aromatic heterocycles. The Balaban J connectivity index is 2.87. The molecule has 9 heteroatoms. The summed E-state index contributed by atoms with van der Waals surface area (Å²) in [5.74, 6) is 0. The molecule has 16 heavy (non-hydrogen) atoms. The Morgan fingerprint density at radius 2 is 2.00 bits per heavy atom. The monoisotopic (exact) mass is 318 g/mol. The van der Waals surface area contributed by atoms with Gasteiger partial charge in [-0.05, 0) is 22.0 Å². The molecule has 4 nitrogen and oxygen atoms in total. The number of hydrogen-bond donors (Lipinski definition) is 1. The molecular formula is C7H6BrF3N2O2S. The third-order valence-corrected chi connectivity index (χ3v) is 3.25. The number of pyridine rings is 1. The molecule has 0 fully saturated rings. The SMILES string of the molecule is O=S(=O)(NCC(F)(F)F)c1cncc(Br)c1. The first-order chi connectivity index (χ1) is 7.21. The molecule has 1 rings (SSSR count). The van der Waals surface area contributed by atoms with Gasteiger partial charge in [-0.15, -0.1) is 0 Å². The highest BCUT2D eigenvalue weighted by Gasteiger charge is 2.30. The lowest BCUT2D eigenvalue weighted by Gasteiger charge is -2.08. The van der Waals surface area contributed by atoms with Crippen LogP contribution in [0, 0.1) is 0 Å². The molecule has 1 heterocycles. The Labute approximate surface area is 98.1 Å². The average Bonchev–Trinajstić information content (AvgIpc) is 2.14. The zero-order valence-electron chi connectivity index (χ0n) is 7.62. The Morgan fingerprint density at radius 1 is 1.38 bits per heavy atom. The van der Waals surface area contributed by atoms with Crippen molar-refractivity contribution in [3.05, 3.63) is 22.9 Å². The molecule has 0 atom stereocenters. The third-order valence-electron chi connectivity index (χ3n) is 1.45. The van der Waals surface area contributed by atoms with Crippen molar-refractivity contribution in [2.24, 2.45) is 0 Å². The second-order valence-electron chi connectivity index (χ2n) is 2.78. The van der Waals surface area contributed by atoms with Crippen LogP contribution in [0.3, 0.4) is 0 Å². The maximum absolute atomic E-state index is 11.8. The molecule has 0 aromatic carbocycles. The molecule has 0 aliphatic carbocycles. The normalized spacial score (nSPS) is 12.8. The summed E-state index contributed by atoms with van der Waals surface area (Å²) in [6, 6.07) is 1.16. The minimum atomic E-state index is -4.59. The van der Waals surface area contributed by atoms with Crippen molar-refractivity contribution in [1.29, 1.82) is 0 Å². The van der Waals surface area contributed by atoms with Gasteiger partial charge in [-0.25, -0.2) is 13.1 Å². The third kappa shape index (κ3) is 4.06. The van der Waals surface area contributed by atoms with Crippen LogP contribution in [0.2, 0.25) is 0 Å². The molecule has 0 saturated heterocycles. The number of rotatable bonds is 3. The average molecular weight is 319 g/mol. The molecule has 0 bridgehead atoms. The lowest BCUT2D eigenvalue weighted by atomic mass is 10.5. The highest BCUT2D eigenvalue weighted by molar-refractivity contribution is 9.10. The highest BCUT2D eigenvalue weighted by Crippen LogP contribution is 2.17. The van der Waals surface area contributed by atoms with E-state index in [-0.39, 0.29) is 4.90 Å². The van der Waals surface area contributed by atoms with Crippen molar-refractivity contribution >= 4 is 26.0 Å². The van der Waals surface area contributed by atoms with Gasteiger partial charge in [0.25, 0.3) is 0 Å². The molecule has 1 aromatic rings. The lowest BCUT2D eigenvalue weighted by molar-refractivity contribution is -0.121. The van der Waals surface area contributed by atoms with Crippen molar-refractivity contribution in [2.45, 2.75) is 11.1 Å². The number of nitrogens with one attached hydrogen (secondary N) is 1. The minimum Gasteiger partial charge on any atom is -0.262 e. The summed E-state index contributed by atoms with van der Waals surface area (Å²) >= 11 is 2.97. The Kier molecular flexibility index (Phi) is 3.92. The van der Waals surface area contributed by atoms with Gasteiger partial charge in [-0.1, -0.05) is 0 Å². The van der Waals surface area contributed by atoms with E-state index in [2.05, 4.69) is 20.9 Å². The molecule has 90 valence electrons. The number of alkyl halides is 3. The van der Waals surface area contributed by atoms with Gasteiger partial charge >= 0.3 is 6.18 Å². The fraction of sp³-hybridized carbons (Fsp3) is 0.286. The van der Waals surface area contributed by atoms with Gasteiger partial charge in [0, 0.05) is 16.9 Å². The second kappa shape index (κ2) is 4.68. The van der Waals surface area contributed by atoms with E-state index >= 15 is 0 Å². The Hall–Kier alpha value is -0.670. The maximum atomic E-state index is 11.8. The topological polar surface area (TPSA) is 59.1 Å². The first-order valence-corrected chi connectivity index (χ1v) is 6.15. The van der Waals surface area contributed by atoms with Crippen LogP contribution in [-0.4, -0.2) is 26.1 Å². The van der Waals surface area contributed by atoms with Gasteiger partial charge in [0.1, 0.15) is 11.4 Å². The van der Waals surface area contributed by atoms with Gasteiger partial charge in [0.15, 0.2) is 0 Å². The summed E-state index contributed by atoms with van der Waals surface area (Å²) in [6.45, 7) is -1.61. The molecule has 0 unspecified atom stereocenters. The summed E-state index contributed by atoms with van der Waals surface area (Å²) in [7, 11) is -4.18. The fourth-order valence-electron chi connectivity index (χ4n) is 0.800. The summed E-state index contributed by atoms with van der Waals surface area (Å²) in [4.78, 5) is 3.22. The van der Waals surface area contributed by atoms with Gasteiger partial charge in [-0.3, -0.25) is 4.98 Å². The molecule has 0 amide bonds. The van der Waals surface area contributed by atoms with E-state index in [1.54, 1.807) is 0 Å². The van der Waals surface area contributed by atoms with Crippen LogP contribution in [-0.2, 0) is 10.0 Å². The zero-order chi connectivity index (χ0) is 12.4. The summed E-state index contributed by atoms with van der Waals surface area (Å²) in [5, 5.41) is 0. The second-order valence-corrected chi connectivity index (χ2v) is 5.46. The van der Waals surface area contributed by atoms with Crippen molar-refractivity contribution in [1.82, 2.24) is 9.71 Å². The zero-order valence-corrected chi connectivity index (χ0v) is 10.0. The lowest BCUT2D eigenvalue weighted by Crippen LogP contribution is -2.33.